The van der Waals surface area contributed by atoms with E-state index in [1.807, 2.05) is 0 Å². The molecule has 0 amide bonds. The van der Waals surface area contributed by atoms with Gasteiger partial charge in [-0.1, -0.05) is 0 Å². The number of aliphatic hydroxyl groups excluding tert-OH is 3. The molecule has 0 radical (unpaired) electrons. The van der Waals surface area contributed by atoms with Crippen LogP contribution in [0.15, 0.2) is 12.1 Å². The second kappa shape index (κ2) is 6.36. The molecule has 122 valence electrons. The van der Waals surface area contributed by atoms with Gasteiger partial charge in [0.1, 0.15) is 31.0 Å². The molecule has 2 rings (SSSR count). The number of ether oxygens (including phenoxy) is 2. The quantitative estimate of drug-likeness (QED) is 0.286. The molecule has 0 aliphatic carbocycles. The first-order valence-corrected chi connectivity index (χ1v) is 6.39. The number of carbonyl (C=O) groups excluding carboxylic acids is 1. The molecular weight excluding hydrogens is 300 g/mol. The van der Waals surface area contributed by atoms with Crippen LogP contribution in [0.3, 0.4) is 0 Å². The normalized spacial score (nSPS) is 28.3. The van der Waals surface area contributed by atoms with Crippen molar-refractivity contribution in [2.24, 2.45) is 0 Å². The van der Waals surface area contributed by atoms with E-state index in [-0.39, 0.29) is 12.2 Å². The van der Waals surface area contributed by atoms with Gasteiger partial charge >= 0.3 is 5.97 Å². The van der Waals surface area contributed by atoms with E-state index in [4.69, 9.17) is 9.47 Å². The van der Waals surface area contributed by atoms with Crippen molar-refractivity contribution < 1.29 is 44.9 Å². The number of phenols is 3. The number of benzene rings is 1. The molecule has 1 aliphatic rings. The number of hydrogen-bond acceptors (Lipinski definition) is 9. The van der Waals surface area contributed by atoms with Gasteiger partial charge in [-0.2, -0.15) is 0 Å². The molecule has 9 heteroatoms. The molecule has 1 aliphatic heterocycles. The van der Waals surface area contributed by atoms with Crippen LogP contribution in [0.4, 0.5) is 0 Å². The van der Waals surface area contributed by atoms with Crippen LogP contribution in [0, 0.1) is 0 Å². The van der Waals surface area contributed by atoms with Crippen LogP contribution >= 0.6 is 0 Å². The number of carbonyl (C=O) groups is 1. The maximum atomic E-state index is 11.8. The average molecular weight is 316 g/mol. The van der Waals surface area contributed by atoms with Crippen molar-refractivity contribution in [2.75, 3.05) is 13.2 Å². The van der Waals surface area contributed by atoms with Gasteiger partial charge in [0.25, 0.3) is 0 Å². The molecule has 0 spiro atoms. The van der Waals surface area contributed by atoms with Crippen LogP contribution in [0.2, 0.25) is 0 Å². The molecule has 6 N–H and O–H groups in total. The zero-order valence-electron chi connectivity index (χ0n) is 11.3. The second-order valence-electron chi connectivity index (χ2n) is 4.88. The third-order valence-corrected chi connectivity index (χ3v) is 3.29. The van der Waals surface area contributed by atoms with Crippen molar-refractivity contribution in [3.05, 3.63) is 17.7 Å². The molecular formula is C13H16O9. The van der Waals surface area contributed by atoms with Crippen molar-refractivity contribution in [1.82, 2.24) is 0 Å². The molecule has 0 aromatic heterocycles. The molecule has 22 heavy (non-hydrogen) atoms. The van der Waals surface area contributed by atoms with Crippen LogP contribution in [0.25, 0.3) is 0 Å². The summed E-state index contributed by atoms with van der Waals surface area (Å²) in [6.45, 7) is -0.632. The monoisotopic (exact) mass is 316 g/mol. The van der Waals surface area contributed by atoms with Crippen LogP contribution in [0.1, 0.15) is 10.4 Å². The molecule has 0 saturated carbocycles. The molecule has 0 unspecified atom stereocenters. The lowest BCUT2D eigenvalue weighted by molar-refractivity contribution is -0.195. The van der Waals surface area contributed by atoms with E-state index >= 15 is 0 Å². The Kier molecular flexibility index (Phi) is 4.71. The summed E-state index contributed by atoms with van der Waals surface area (Å²) in [5, 5.41) is 56.2. The van der Waals surface area contributed by atoms with E-state index in [0.29, 0.717) is 0 Å². The lowest BCUT2D eigenvalue weighted by atomic mass is 10.0. The van der Waals surface area contributed by atoms with Gasteiger partial charge in [-0.25, -0.2) is 4.79 Å². The van der Waals surface area contributed by atoms with E-state index in [1.54, 1.807) is 0 Å². The van der Waals surface area contributed by atoms with E-state index in [0.717, 1.165) is 12.1 Å². The minimum absolute atomic E-state index is 0.221. The zero-order valence-corrected chi connectivity index (χ0v) is 11.3. The topological polar surface area (TPSA) is 157 Å². The van der Waals surface area contributed by atoms with Crippen LogP contribution in [-0.2, 0) is 9.47 Å². The molecule has 4 atom stereocenters. The lowest BCUT2D eigenvalue weighted by Crippen LogP contribution is -2.54. The molecule has 1 heterocycles. The third-order valence-electron chi connectivity index (χ3n) is 3.29. The fourth-order valence-corrected chi connectivity index (χ4v) is 1.98. The Morgan fingerprint density at radius 1 is 1.14 bits per heavy atom. The predicted molar refractivity (Wildman–Crippen MR) is 69.5 cm³/mol. The summed E-state index contributed by atoms with van der Waals surface area (Å²) in [7, 11) is 0. The summed E-state index contributed by atoms with van der Waals surface area (Å²) in [6.07, 6.45) is -5.10. The number of phenolic OH excluding ortho intramolecular Hbond substituents is 3. The highest BCUT2D eigenvalue weighted by molar-refractivity contribution is 5.91. The SMILES string of the molecule is O=C(OC[C@@H]1OC[C@H](O)[C@H](O)[C@H]1O)c1cc(O)c(O)c(O)c1. The summed E-state index contributed by atoms with van der Waals surface area (Å²) in [4.78, 5) is 11.8. The molecule has 1 aromatic rings. The van der Waals surface area contributed by atoms with Gasteiger partial charge in [-0.15, -0.1) is 0 Å². The number of esters is 1. The fourth-order valence-electron chi connectivity index (χ4n) is 1.98. The summed E-state index contributed by atoms with van der Waals surface area (Å²) in [5.41, 5.74) is -0.223. The fraction of sp³-hybridized carbons (Fsp3) is 0.462. The minimum atomic E-state index is -1.43. The molecule has 1 saturated heterocycles. The average Bonchev–Trinajstić information content (AvgIpc) is 2.48. The van der Waals surface area contributed by atoms with E-state index in [2.05, 4.69) is 0 Å². The summed E-state index contributed by atoms with van der Waals surface area (Å²) in [6, 6.07) is 1.79. The van der Waals surface area contributed by atoms with E-state index < -0.39 is 54.2 Å². The van der Waals surface area contributed by atoms with Gasteiger partial charge < -0.3 is 40.1 Å². The number of hydrogen-bond donors (Lipinski definition) is 6. The lowest BCUT2D eigenvalue weighted by Gasteiger charge is -2.34. The van der Waals surface area contributed by atoms with E-state index in [9.17, 15) is 35.4 Å². The Morgan fingerprint density at radius 3 is 2.32 bits per heavy atom. The second-order valence-corrected chi connectivity index (χ2v) is 4.88. The van der Waals surface area contributed by atoms with Crippen LogP contribution < -0.4 is 0 Å². The summed E-state index contributed by atoms with van der Waals surface area (Å²) < 4.78 is 9.90. The Morgan fingerprint density at radius 2 is 1.73 bits per heavy atom. The Hall–Kier alpha value is -2.07. The van der Waals surface area contributed by atoms with Gasteiger partial charge in [0.05, 0.1) is 12.2 Å². The van der Waals surface area contributed by atoms with Gasteiger partial charge in [-0.05, 0) is 12.1 Å². The molecule has 9 nitrogen and oxygen atoms in total. The van der Waals surface area contributed by atoms with Crippen molar-refractivity contribution in [1.29, 1.82) is 0 Å². The Labute approximate surface area is 124 Å². The molecule has 0 bridgehead atoms. The largest absolute Gasteiger partial charge is 0.504 e. The first-order chi connectivity index (χ1) is 10.3. The zero-order chi connectivity index (χ0) is 16.4. The van der Waals surface area contributed by atoms with Crippen molar-refractivity contribution >= 4 is 5.97 Å². The molecule has 1 aromatic carbocycles. The van der Waals surface area contributed by atoms with Crippen molar-refractivity contribution in [3.8, 4) is 17.2 Å². The smallest absolute Gasteiger partial charge is 0.338 e. The predicted octanol–water partition coefficient (Wildman–Crippen LogP) is -1.56. The van der Waals surface area contributed by atoms with Crippen LogP contribution in [-0.4, -0.2) is 74.2 Å². The maximum absolute atomic E-state index is 11.8. The number of aliphatic hydroxyl groups is 3. The third kappa shape index (κ3) is 3.22. The summed E-state index contributed by atoms with van der Waals surface area (Å²) in [5.74, 6) is -3.10. The van der Waals surface area contributed by atoms with Crippen LogP contribution in [0.5, 0.6) is 17.2 Å². The van der Waals surface area contributed by atoms with E-state index in [1.165, 1.54) is 0 Å². The maximum Gasteiger partial charge on any atom is 0.338 e. The van der Waals surface area contributed by atoms with Gasteiger partial charge in [-0.3, -0.25) is 0 Å². The number of rotatable bonds is 3. The van der Waals surface area contributed by atoms with Crippen molar-refractivity contribution in [3.63, 3.8) is 0 Å². The highest BCUT2D eigenvalue weighted by Crippen LogP contribution is 2.35. The minimum Gasteiger partial charge on any atom is -0.504 e. The standard InChI is InChI=1S/C13H16O9/c14-6-1-5(2-7(15)10(6)17)13(20)22-4-9-12(19)11(18)8(16)3-21-9/h1-2,8-9,11-12,14-19H,3-4H2/t8-,9-,11-,12-/m0/s1. The highest BCUT2D eigenvalue weighted by atomic mass is 16.6. The summed E-state index contributed by atoms with van der Waals surface area (Å²) >= 11 is 0. The van der Waals surface area contributed by atoms with Gasteiger partial charge in [0.2, 0.25) is 0 Å². The van der Waals surface area contributed by atoms with Crippen molar-refractivity contribution in [2.45, 2.75) is 24.4 Å². The Bertz CT molecular complexity index is 535. The first-order valence-electron chi connectivity index (χ1n) is 6.39. The number of aromatic hydroxyl groups is 3. The van der Waals surface area contributed by atoms with Gasteiger partial charge in [0, 0.05) is 0 Å². The van der Waals surface area contributed by atoms with Gasteiger partial charge in [0.15, 0.2) is 17.2 Å². The first kappa shape index (κ1) is 16.3. The molecule has 1 fully saturated rings. The highest BCUT2D eigenvalue weighted by Gasteiger charge is 2.38. The Balaban J connectivity index is 1.98.